The summed E-state index contributed by atoms with van der Waals surface area (Å²) >= 11 is 3.42. The van der Waals surface area contributed by atoms with Crippen LogP contribution in [0.1, 0.15) is 15.9 Å². The van der Waals surface area contributed by atoms with Gasteiger partial charge in [-0.3, -0.25) is 4.79 Å². The summed E-state index contributed by atoms with van der Waals surface area (Å²) in [5.41, 5.74) is 2.21. The number of rotatable bonds is 5. The smallest absolute Gasteiger partial charge is 0.258 e. The zero-order chi connectivity index (χ0) is 15.2. The van der Waals surface area contributed by atoms with Crippen molar-refractivity contribution in [3.8, 4) is 0 Å². The van der Waals surface area contributed by atoms with Crippen LogP contribution in [0.5, 0.6) is 0 Å². The minimum absolute atomic E-state index is 0.255. The number of nitrogens with zero attached hydrogens (tertiary/aromatic N) is 2. The highest BCUT2D eigenvalue weighted by Crippen LogP contribution is 2.23. The number of benzene rings is 1. The largest absolute Gasteiger partial charge is 0.351 e. The number of halogens is 1. The second-order valence-electron chi connectivity index (χ2n) is 4.40. The van der Waals surface area contributed by atoms with Gasteiger partial charge in [-0.2, -0.15) is 0 Å². The van der Waals surface area contributed by atoms with E-state index in [1.54, 1.807) is 6.08 Å². The molecular formula is C15H15BrN4O. The fourth-order valence-electron chi connectivity index (χ4n) is 1.62. The van der Waals surface area contributed by atoms with Crippen LogP contribution in [-0.2, 0) is 0 Å². The predicted octanol–water partition coefficient (Wildman–Crippen LogP) is 3.40. The van der Waals surface area contributed by atoms with Crippen molar-refractivity contribution in [1.82, 2.24) is 9.97 Å². The first kappa shape index (κ1) is 15.2. The first-order valence-corrected chi connectivity index (χ1v) is 7.14. The number of nitrogens with one attached hydrogen (secondary N) is 2. The van der Waals surface area contributed by atoms with Crippen LogP contribution in [0.3, 0.4) is 0 Å². The van der Waals surface area contributed by atoms with Gasteiger partial charge in [0.15, 0.2) is 0 Å². The third kappa shape index (κ3) is 4.13. The minimum Gasteiger partial charge on any atom is -0.351 e. The molecule has 2 N–H and O–H groups in total. The van der Waals surface area contributed by atoms with Gasteiger partial charge in [-0.1, -0.05) is 12.1 Å². The molecule has 0 radical (unpaired) electrons. The van der Waals surface area contributed by atoms with E-state index in [0.717, 1.165) is 10.0 Å². The number of amides is 1. The van der Waals surface area contributed by atoms with E-state index in [4.69, 9.17) is 0 Å². The van der Waals surface area contributed by atoms with Crippen LogP contribution in [0.4, 0.5) is 11.6 Å². The third-order valence-electron chi connectivity index (χ3n) is 2.69. The van der Waals surface area contributed by atoms with Crippen LogP contribution in [0.2, 0.25) is 0 Å². The summed E-state index contributed by atoms with van der Waals surface area (Å²) in [7, 11) is 0. The average Bonchev–Trinajstić information content (AvgIpc) is 2.48. The third-order valence-corrected chi connectivity index (χ3v) is 3.35. The summed E-state index contributed by atoms with van der Waals surface area (Å²) in [6, 6.07) is 5.71. The van der Waals surface area contributed by atoms with E-state index in [1.165, 1.54) is 12.4 Å². The lowest BCUT2D eigenvalue weighted by Crippen LogP contribution is -2.14. The minimum atomic E-state index is -0.255. The van der Waals surface area contributed by atoms with E-state index in [1.807, 2.05) is 25.1 Å². The van der Waals surface area contributed by atoms with Crippen molar-refractivity contribution >= 4 is 33.5 Å². The number of anilines is 2. The molecule has 0 spiro atoms. The number of carbonyl (C=O) groups is 1. The number of aromatic nitrogens is 2. The van der Waals surface area contributed by atoms with Gasteiger partial charge < -0.3 is 10.6 Å². The summed E-state index contributed by atoms with van der Waals surface area (Å²) < 4.78 is 0.834. The lowest BCUT2D eigenvalue weighted by molar-refractivity contribution is 0.102. The quantitative estimate of drug-likeness (QED) is 0.814. The number of hydrogen-bond donors (Lipinski definition) is 2. The molecule has 2 rings (SSSR count). The molecule has 1 heterocycles. The van der Waals surface area contributed by atoms with Crippen LogP contribution in [0.15, 0.2) is 47.7 Å². The Morgan fingerprint density at radius 1 is 1.38 bits per heavy atom. The highest BCUT2D eigenvalue weighted by molar-refractivity contribution is 9.10. The Labute approximate surface area is 131 Å². The van der Waals surface area contributed by atoms with Crippen molar-refractivity contribution in [3.63, 3.8) is 0 Å². The second-order valence-corrected chi connectivity index (χ2v) is 5.26. The number of carbonyl (C=O) groups excluding carboxylic acids is 1. The van der Waals surface area contributed by atoms with Crippen molar-refractivity contribution in [2.24, 2.45) is 0 Å². The Morgan fingerprint density at radius 2 is 2.10 bits per heavy atom. The molecular weight excluding hydrogens is 332 g/mol. The van der Waals surface area contributed by atoms with E-state index >= 15 is 0 Å². The fraction of sp³-hybridized carbons (Fsp3) is 0.133. The molecule has 0 unspecified atom stereocenters. The summed E-state index contributed by atoms with van der Waals surface area (Å²) in [6.45, 7) is 6.15. The number of aryl methyl sites for hydroxylation is 1. The van der Waals surface area contributed by atoms with Crippen molar-refractivity contribution < 1.29 is 4.79 Å². The zero-order valence-electron chi connectivity index (χ0n) is 11.6. The SMILES string of the molecule is C=CCNc1ncc(C(=O)Nc2ccc(C)cc2Br)cn1. The molecule has 5 nitrogen and oxygen atoms in total. The zero-order valence-corrected chi connectivity index (χ0v) is 13.1. The highest BCUT2D eigenvalue weighted by Gasteiger charge is 2.09. The summed E-state index contributed by atoms with van der Waals surface area (Å²) in [6.07, 6.45) is 4.67. The maximum absolute atomic E-state index is 12.1. The van der Waals surface area contributed by atoms with Gasteiger partial charge in [0.1, 0.15) is 0 Å². The number of hydrogen-bond acceptors (Lipinski definition) is 4. The topological polar surface area (TPSA) is 66.9 Å². The molecule has 1 amide bonds. The standard InChI is InChI=1S/C15H15BrN4O/c1-3-6-17-15-18-8-11(9-19-15)14(21)20-13-5-4-10(2)7-12(13)16/h3-5,7-9H,1,6H2,2H3,(H,20,21)(H,17,18,19). The Balaban J connectivity index is 2.07. The van der Waals surface area contributed by atoms with E-state index < -0.39 is 0 Å². The molecule has 0 atom stereocenters. The van der Waals surface area contributed by atoms with Gasteiger partial charge in [-0.25, -0.2) is 9.97 Å². The highest BCUT2D eigenvalue weighted by atomic mass is 79.9. The van der Waals surface area contributed by atoms with E-state index in [9.17, 15) is 4.79 Å². The Hall–Kier alpha value is -2.21. The van der Waals surface area contributed by atoms with Crippen molar-refractivity contribution in [1.29, 1.82) is 0 Å². The molecule has 1 aromatic heterocycles. The van der Waals surface area contributed by atoms with Crippen molar-refractivity contribution in [3.05, 3.63) is 58.8 Å². The van der Waals surface area contributed by atoms with Gasteiger partial charge >= 0.3 is 0 Å². The molecule has 2 aromatic rings. The molecule has 6 heteroatoms. The molecule has 0 saturated heterocycles. The van der Waals surface area contributed by atoms with Gasteiger partial charge in [0.05, 0.1) is 11.3 Å². The van der Waals surface area contributed by atoms with Gasteiger partial charge in [0.25, 0.3) is 5.91 Å². The summed E-state index contributed by atoms with van der Waals surface area (Å²) in [4.78, 5) is 20.3. The van der Waals surface area contributed by atoms with Crippen molar-refractivity contribution in [2.45, 2.75) is 6.92 Å². The normalized spacial score (nSPS) is 10.0. The lowest BCUT2D eigenvalue weighted by atomic mass is 10.2. The Morgan fingerprint density at radius 3 is 2.71 bits per heavy atom. The molecule has 0 aliphatic carbocycles. The fourth-order valence-corrected chi connectivity index (χ4v) is 2.21. The Kier molecular flexibility index (Phi) is 5.05. The monoisotopic (exact) mass is 346 g/mol. The van der Waals surface area contributed by atoms with Gasteiger partial charge in [0.2, 0.25) is 5.95 Å². The van der Waals surface area contributed by atoms with Crippen LogP contribution < -0.4 is 10.6 Å². The molecule has 21 heavy (non-hydrogen) atoms. The van der Waals surface area contributed by atoms with E-state index in [0.29, 0.717) is 23.7 Å². The first-order valence-electron chi connectivity index (χ1n) is 6.34. The average molecular weight is 347 g/mol. The Bertz CT molecular complexity index is 655. The molecule has 0 fully saturated rings. The summed E-state index contributed by atoms with van der Waals surface area (Å²) in [5.74, 6) is 0.206. The molecule has 0 aliphatic heterocycles. The van der Waals surface area contributed by atoms with E-state index in [2.05, 4.69) is 43.1 Å². The molecule has 108 valence electrons. The molecule has 0 bridgehead atoms. The van der Waals surface area contributed by atoms with Gasteiger partial charge in [-0.15, -0.1) is 6.58 Å². The van der Waals surface area contributed by atoms with Crippen LogP contribution >= 0.6 is 15.9 Å². The maximum Gasteiger partial charge on any atom is 0.258 e. The van der Waals surface area contributed by atoms with Gasteiger partial charge in [-0.05, 0) is 40.5 Å². The predicted molar refractivity (Wildman–Crippen MR) is 87.6 cm³/mol. The second kappa shape index (κ2) is 6.99. The maximum atomic E-state index is 12.1. The van der Waals surface area contributed by atoms with Crippen LogP contribution in [-0.4, -0.2) is 22.4 Å². The van der Waals surface area contributed by atoms with Gasteiger partial charge in [0, 0.05) is 23.4 Å². The molecule has 0 saturated carbocycles. The van der Waals surface area contributed by atoms with Crippen molar-refractivity contribution in [2.75, 3.05) is 17.2 Å². The lowest BCUT2D eigenvalue weighted by Gasteiger charge is -2.08. The van der Waals surface area contributed by atoms with Crippen LogP contribution in [0.25, 0.3) is 0 Å². The molecule has 1 aromatic carbocycles. The summed E-state index contributed by atoms with van der Waals surface area (Å²) in [5, 5.41) is 5.76. The van der Waals surface area contributed by atoms with Crippen LogP contribution in [0, 0.1) is 6.92 Å². The van der Waals surface area contributed by atoms with E-state index in [-0.39, 0.29) is 5.91 Å². The first-order chi connectivity index (χ1) is 10.1. The molecule has 0 aliphatic rings.